The van der Waals surface area contributed by atoms with Gasteiger partial charge in [-0.2, -0.15) is 0 Å². The number of halogens is 1. The summed E-state index contributed by atoms with van der Waals surface area (Å²) in [5.74, 6) is 0.738. The van der Waals surface area contributed by atoms with Crippen LogP contribution in [0.5, 0.6) is 0 Å². The second kappa shape index (κ2) is 5.36. The van der Waals surface area contributed by atoms with Gasteiger partial charge in [-0.15, -0.1) is 0 Å². The molecule has 0 bridgehead atoms. The van der Waals surface area contributed by atoms with Gasteiger partial charge < -0.3 is 5.11 Å². The maximum Gasteiger partial charge on any atom is 0.104 e. The van der Waals surface area contributed by atoms with E-state index in [2.05, 4.69) is 12.1 Å². The van der Waals surface area contributed by atoms with Crippen molar-refractivity contribution in [2.45, 2.75) is 31.3 Å². The monoisotopic (exact) mass is 272 g/mol. The molecule has 1 unspecified atom stereocenters. The first kappa shape index (κ1) is 12.7. The standard InChI is InChI=1S/C17H17ClO/c18-16-10-8-15(9-11-16)17(19)14-6-4-13(5-7-14)12-2-1-3-12/h4-12,17,19H,1-3H2. The van der Waals surface area contributed by atoms with Crippen LogP contribution in [-0.2, 0) is 0 Å². The number of benzene rings is 2. The summed E-state index contributed by atoms with van der Waals surface area (Å²) in [5, 5.41) is 11.0. The summed E-state index contributed by atoms with van der Waals surface area (Å²) >= 11 is 5.86. The van der Waals surface area contributed by atoms with E-state index in [0.717, 1.165) is 17.0 Å². The van der Waals surface area contributed by atoms with Crippen molar-refractivity contribution in [1.29, 1.82) is 0 Å². The number of aliphatic hydroxyl groups excluding tert-OH is 1. The maximum atomic E-state index is 10.3. The molecule has 0 saturated heterocycles. The van der Waals surface area contributed by atoms with Crippen molar-refractivity contribution in [3.05, 3.63) is 70.2 Å². The highest BCUT2D eigenvalue weighted by molar-refractivity contribution is 6.30. The zero-order valence-corrected chi connectivity index (χ0v) is 11.5. The third-order valence-corrected chi connectivity index (χ3v) is 4.27. The highest BCUT2D eigenvalue weighted by atomic mass is 35.5. The quantitative estimate of drug-likeness (QED) is 0.859. The normalized spacial score (nSPS) is 16.9. The van der Waals surface area contributed by atoms with Gasteiger partial charge in [0, 0.05) is 5.02 Å². The van der Waals surface area contributed by atoms with Crippen molar-refractivity contribution >= 4 is 11.6 Å². The molecular formula is C17H17ClO. The predicted molar refractivity (Wildman–Crippen MR) is 78.5 cm³/mol. The van der Waals surface area contributed by atoms with E-state index in [-0.39, 0.29) is 0 Å². The zero-order valence-electron chi connectivity index (χ0n) is 10.7. The van der Waals surface area contributed by atoms with Crippen LogP contribution in [0, 0.1) is 0 Å². The number of rotatable bonds is 3. The third-order valence-electron chi connectivity index (χ3n) is 4.01. The van der Waals surface area contributed by atoms with Crippen LogP contribution < -0.4 is 0 Å². The summed E-state index contributed by atoms with van der Waals surface area (Å²) in [6, 6.07) is 15.7. The molecule has 98 valence electrons. The largest absolute Gasteiger partial charge is 0.384 e. The van der Waals surface area contributed by atoms with Crippen LogP contribution in [0.3, 0.4) is 0 Å². The molecule has 0 spiro atoms. The fourth-order valence-electron chi connectivity index (χ4n) is 2.53. The summed E-state index contributed by atoms with van der Waals surface area (Å²) in [5.41, 5.74) is 3.21. The SMILES string of the molecule is OC(c1ccc(Cl)cc1)c1ccc(C2CCC2)cc1. The topological polar surface area (TPSA) is 20.2 Å². The molecule has 1 fully saturated rings. The molecule has 2 aromatic carbocycles. The van der Waals surface area contributed by atoms with Gasteiger partial charge in [-0.25, -0.2) is 0 Å². The first-order chi connectivity index (χ1) is 9.24. The van der Waals surface area contributed by atoms with Gasteiger partial charge in [-0.3, -0.25) is 0 Å². The van der Waals surface area contributed by atoms with Crippen LogP contribution in [0.2, 0.25) is 5.02 Å². The minimum Gasteiger partial charge on any atom is -0.384 e. The van der Waals surface area contributed by atoms with Crippen LogP contribution in [0.15, 0.2) is 48.5 Å². The van der Waals surface area contributed by atoms with Crippen molar-refractivity contribution < 1.29 is 5.11 Å². The molecule has 1 nitrogen and oxygen atoms in total. The van der Waals surface area contributed by atoms with Gasteiger partial charge in [0.15, 0.2) is 0 Å². The van der Waals surface area contributed by atoms with Crippen LogP contribution in [0.4, 0.5) is 0 Å². The number of hydrogen-bond acceptors (Lipinski definition) is 1. The van der Waals surface area contributed by atoms with Crippen LogP contribution >= 0.6 is 11.6 Å². The van der Waals surface area contributed by atoms with E-state index in [1.165, 1.54) is 24.8 Å². The molecule has 0 aliphatic heterocycles. The Balaban J connectivity index is 1.79. The Morgan fingerprint density at radius 1 is 0.895 bits per heavy atom. The Hall–Kier alpha value is -1.31. The molecule has 0 aromatic heterocycles. The van der Waals surface area contributed by atoms with E-state index in [1.807, 2.05) is 36.4 Å². The lowest BCUT2D eigenvalue weighted by Crippen LogP contribution is -2.08. The van der Waals surface area contributed by atoms with Gasteiger partial charge in [0.05, 0.1) is 0 Å². The summed E-state index contributed by atoms with van der Waals surface area (Å²) in [6.45, 7) is 0. The maximum absolute atomic E-state index is 10.3. The van der Waals surface area contributed by atoms with E-state index < -0.39 is 6.10 Å². The van der Waals surface area contributed by atoms with E-state index >= 15 is 0 Å². The first-order valence-electron chi connectivity index (χ1n) is 6.77. The molecule has 1 atom stereocenters. The van der Waals surface area contributed by atoms with Crippen LogP contribution in [-0.4, -0.2) is 5.11 Å². The second-order valence-corrected chi connectivity index (χ2v) is 5.69. The Bertz CT molecular complexity index is 540. The summed E-state index contributed by atoms with van der Waals surface area (Å²) < 4.78 is 0. The Morgan fingerprint density at radius 2 is 1.42 bits per heavy atom. The molecule has 1 N–H and O–H groups in total. The number of aliphatic hydroxyl groups is 1. The minimum absolute atomic E-state index is 0.576. The fraction of sp³-hybridized carbons (Fsp3) is 0.294. The van der Waals surface area contributed by atoms with E-state index in [9.17, 15) is 5.11 Å². The average molecular weight is 273 g/mol. The number of hydrogen-bond donors (Lipinski definition) is 1. The van der Waals surface area contributed by atoms with Gasteiger partial charge in [-0.1, -0.05) is 54.4 Å². The Morgan fingerprint density at radius 3 is 1.89 bits per heavy atom. The summed E-state index contributed by atoms with van der Waals surface area (Å²) in [4.78, 5) is 0. The minimum atomic E-state index is -0.576. The van der Waals surface area contributed by atoms with Gasteiger partial charge in [0.25, 0.3) is 0 Å². The van der Waals surface area contributed by atoms with Gasteiger partial charge in [0.1, 0.15) is 6.10 Å². The lowest BCUT2D eigenvalue weighted by atomic mass is 9.80. The van der Waals surface area contributed by atoms with Crippen LogP contribution in [0.25, 0.3) is 0 Å². The average Bonchev–Trinajstić information content (AvgIpc) is 2.38. The predicted octanol–water partition coefficient (Wildman–Crippen LogP) is 4.69. The molecule has 0 heterocycles. The molecule has 1 aliphatic carbocycles. The fourth-order valence-corrected chi connectivity index (χ4v) is 2.66. The lowest BCUT2D eigenvalue weighted by molar-refractivity contribution is 0.220. The zero-order chi connectivity index (χ0) is 13.2. The lowest BCUT2D eigenvalue weighted by Gasteiger charge is -2.26. The molecule has 2 aromatic rings. The smallest absolute Gasteiger partial charge is 0.104 e. The Labute approximate surface area is 118 Å². The van der Waals surface area contributed by atoms with Crippen molar-refractivity contribution in [2.75, 3.05) is 0 Å². The molecule has 19 heavy (non-hydrogen) atoms. The van der Waals surface area contributed by atoms with Crippen molar-refractivity contribution in [2.24, 2.45) is 0 Å². The summed E-state index contributed by atoms with van der Waals surface area (Å²) in [6.07, 6.45) is 3.38. The summed E-state index contributed by atoms with van der Waals surface area (Å²) in [7, 11) is 0. The highest BCUT2D eigenvalue weighted by Gasteiger charge is 2.19. The third kappa shape index (κ3) is 2.68. The highest BCUT2D eigenvalue weighted by Crippen LogP contribution is 2.36. The van der Waals surface area contributed by atoms with E-state index in [4.69, 9.17) is 11.6 Å². The van der Waals surface area contributed by atoms with Gasteiger partial charge >= 0.3 is 0 Å². The molecule has 2 heteroatoms. The van der Waals surface area contributed by atoms with Crippen LogP contribution in [0.1, 0.15) is 48.0 Å². The van der Waals surface area contributed by atoms with Gasteiger partial charge in [0.2, 0.25) is 0 Å². The molecule has 1 saturated carbocycles. The van der Waals surface area contributed by atoms with Crippen molar-refractivity contribution in [1.82, 2.24) is 0 Å². The Kier molecular flexibility index (Phi) is 3.58. The van der Waals surface area contributed by atoms with Crippen molar-refractivity contribution in [3.8, 4) is 0 Å². The van der Waals surface area contributed by atoms with E-state index in [0.29, 0.717) is 5.02 Å². The molecule has 3 rings (SSSR count). The molecule has 1 aliphatic rings. The van der Waals surface area contributed by atoms with Gasteiger partial charge in [-0.05, 0) is 47.6 Å². The second-order valence-electron chi connectivity index (χ2n) is 5.25. The molecule has 0 radical (unpaired) electrons. The van der Waals surface area contributed by atoms with E-state index in [1.54, 1.807) is 0 Å². The van der Waals surface area contributed by atoms with Crippen molar-refractivity contribution in [3.63, 3.8) is 0 Å². The first-order valence-corrected chi connectivity index (χ1v) is 7.15. The molecular weight excluding hydrogens is 256 g/mol. The molecule has 0 amide bonds.